The molecule has 2 heterocycles. The van der Waals surface area contributed by atoms with Crippen LogP contribution in [0.5, 0.6) is 11.5 Å². The average Bonchev–Trinajstić information content (AvgIpc) is 2.85. The summed E-state index contributed by atoms with van der Waals surface area (Å²) in [4.78, 5) is 15.2. The summed E-state index contributed by atoms with van der Waals surface area (Å²) < 4.78 is 11.3. The molecule has 26 heavy (non-hydrogen) atoms. The number of hydrogen-bond acceptors (Lipinski definition) is 4. The van der Waals surface area contributed by atoms with Crippen molar-refractivity contribution in [1.29, 1.82) is 0 Å². The number of carbonyl (C=O) groups is 1. The third kappa shape index (κ3) is 4.44. The van der Waals surface area contributed by atoms with Gasteiger partial charge in [0.25, 0.3) is 5.91 Å². The number of piperidine rings is 1. The lowest BCUT2D eigenvalue weighted by Crippen LogP contribution is -2.54. The van der Waals surface area contributed by atoms with E-state index in [-0.39, 0.29) is 11.4 Å². The van der Waals surface area contributed by atoms with Gasteiger partial charge in [0, 0.05) is 30.6 Å². The van der Waals surface area contributed by atoms with Crippen LogP contribution in [0.1, 0.15) is 50.4 Å². The van der Waals surface area contributed by atoms with E-state index in [9.17, 15) is 4.79 Å². The molecule has 0 saturated carbocycles. The van der Waals surface area contributed by atoms with Crippen molar-refractivity contribution in [3.63, 3.8) is 0 Å². The molecule has 3 rings (SSSR count). The van der Waals surface area contributed by atoms with Gasteiger partial charge in [-0.1, -0.05) is 18.5 Å². The lowest BCUT2D eigenvalue weighted by Gasteiger charge is -2.43. The van der Waals surface area contributed by atoms with Crippen molar-refractivity contribution < 1.29 is 14.3 Å². The first-order valence-electron chi connectivity index (χ1n) is 9.49. The highest BCUT2D eigenvalue weighted by Gasteiger charge is 2.30. The van der Waals surface area contributed by atoms with Crippen LogP contribution >= 0.6 is 11.6 Å². The Labute approximate surface area is 161 Å². The number of hydrogen-bond donors (Lipinski definition) is 1. The first-order valence-corrected chi connectivity index (χ1v) is 9.87. The molecule has 0 radical (unpaired) electrons. The molecule has 0 aromatic heterocycles. The molecular formula is C20H29ClN2O3. The number of ether oxygens (including phenoxy) is 2. The molecule has 0 spiro atoms. The summed E-state index contributed by atoms with van der Waals surface area (Å²) in [5.74, 6) is 1.65. The molecule has 1 N–H and O–H groups in total. The fourth-order valence-electron chi connectivity index (χ4n) is 3.61. The standard InChI is InChI=1S/C20H29ClN2O3/c1-14-6-4-7-23(12-14)20(2,3)13-22-19(24)15-10-16(21)18-17(11-15)25-8-5-9-26-18/h10-11,14H,4-9,12-13H2,1-3H3,(H,22,24)/t14-/m1/s1. The van der Waals surface area contributed by atoms with Crippen molar-refractivity contribution in [3.8, 4) is 11.5 Å². The molecule has 0 bridgehead atoms. The van der Waals surface area contributed by atoms with Crippen LogP contribution in [0.2, 0.25) is 5.02 Å². The number of likely N-dealkylation sites (tertiary alicyclic amines) is 1. The molecule has 1 aromatic rings. The van der Waals surface area contributed by atoms with Crippen LogP contribution in [0.4, 0.5) is 0 Å². The number of amides is 1. The zero-order chi connectivity index (χ0) is 18.7. The topological polar surface area (TPSA) is 50.8 Å². The number of fused-ring (bicyclic) bond motifs is 1. The first-order chi connectivity index (χ1) is 12.4. The predicted octanol–water partition coefficient (Wildman–Crippen LogP) is 3.74. The van der Waals surface area contributed by atoms with Gasteiger partial charge in [0.1, 0.15) is 0 Å². The van der Waals surface area contributed by atoms with Crippen molar-refractivity contribution in [2.45, 2.75) is 45.6 Å². The van der Waals surface area contributed by atoms with Crippen LogP contribution in [0.15, 0.2) is 12.1 Å². The van der Waals surface area contributed by atoms with Crippen LogP contribution in [0, 0.1) is 5.92 Å². The minimum atomic E-state index is -0.138. The van der Waals surface area contributed by atoms with Gasteiger partial charge in [-0.25, -0.2) is 0 Å². The Kier molecular flexibility index (Phi) is 5.98. The maximum Gasteiger partial charge on any atom is 0.251 e. The molecule has 2 aliphatic heterocycles. The van der Waals surface area contributed by atoms with Crippen LogP contribution in [-0.2, 0) is 0 Å². The van der Waals surface area contributed by atoms with Crippen LogP contribution in [0.3, 0.4) is 0 Å². The maximum atomic E-state index is 12.7. The minimum Gasteiger partial charge on any atom is -0.489 e. The summed E-state index contributed by atoms with van der Waals surface area (Å²) in [6.45, 7) is 10.6. The van der Waals surface area contributed by atoms with Gasteiger partial charge in [-0.2, -0.15) is 0 Å². The second-order valence-corrected chi connectivity index (χ2v) is 8.43. The smallest absolute Gasteiger partial charge is 0.251 e. The molecular weight excluding hydrogens is 352 g/mol. The highest BCUT2D eigenvalue weighted by atomic mass is 35.5. The fraction of sp³-hybridized carbons (Fsp3) is 0.650. The lowest BCUT2D eigenvalue weighted by molar-refractivity contribution is 0.0657. The van der Waals surface area contributed by atoms with Crippen molar-refractivity contribution in [2.75, 3.05) is 32.8 Å². The van der Waals surface area contributed by atoms with Crippen molar-refractivity contribution >= 4 is 17.5 Å². The summed E-state index contributed by atoms with van der Waals surface area (Å²) in [6, 6.07) is 3.37. The Morgan fingerprint density at radius 3 is 2.85 bits per heavy atom. The SMILES string of the molecule is C[C@@H]1CCCN(C(C)(C)CNC(=O)c2cc(Cl)c3c(c2)OCCCO3)C1. The Balaban J connectivity index is 1.66. The van der Waals surface area contributed by atoms with E-state index < -0.39 is 0 Å². The molecule has 1 atom stereocenters. The van der Waals surface area contributed by atoms with E-state index in [1.54, 1.807) is 12.1 Å². The van der Waals surface area contributed by atoms with E-state index >= 15 is 0 Å². The van der Waals surface area contributed by atoms with Gasteiger partial charge >= 0.3 is 0 Å². The van der Waals surface area contributed by atoms with Gasteiger partial charge in [-0.3, -0.25) is 9.69 Å². The molecule has 1 fully saturated rings. The van der Waals surface area contributed by atoms with Gasteiger partial charge in [-0.15, -0.1) is 0 Å². The number of nitrogens with one attached hydrogen (secondary N) is 1. The normalized spacial score (nSPS) is 21.2. The molecule has 5 nitrogen and oxygen atoms in total. The minimum absolute atomic E-state index is 0.0839. The van der Waals surface area contributed by atoms with Gasteiger partial charge in [0.2, 0.25) is 0 Å². The fourth-order valence-corrected chi connectivity index (χ4v) is 3.88. The van der Waals surface area contributed by atoms with Crippen LogP contribution in [0.25, 0.3) is 0 Å². The molecule has 6 heteroatoms. The number of nitrogens with zero attached hydrogens (tertiary/aromatic N) is 1. The van der Waals surface area contributed by atoms with Gasteiger partial charge in [0.05, 0.1) is 18.2 Å². The predicted molar refractivity (Wildman–Crippen MR) is 103 cm³/mol. The summed E-state index contributed by atoms with van der Waals surface area (Å²) in [7, 11) is 0. The third-order valence-electron chi connectivity index (χ3n) is 5.26. The quantitative estimate of drug-likeness (QED) is 0.864. The third-order valence-corrected chi connectivity index (χ3v) is 5.54. The Morgan fingerprint density at radius 1 is 1.31 bits per heavy atom. The maximum absolute atomic E-state index is 12.7. The monoisotopic (exact) mass is 380 g/mol. The summed E-state index contributed by atoms with van der Waals surface area (Å²) in [6.07, 6.45) is 3.31. The molecule has 1 aromatic carbocycles. The zero-order valence-corrected chi connectivity index (χ0v) is 16.7. The number of benzene rings is 1. The van der Waals surface area contributed by atoms with Gasteiger partial charge < -0.3 is 14.8 Å². The second kappa shape index (κ2) is 8.05. The number of halogens is 1. The molecule has 1 amide bonds. The molecule has 1 saturated heterocycles. The molecule has 2 aliphatic rings. The molecule has 144 valence electrons. The average molecular weight is 381 g/mol. The second-order valence-electron chi connectivity index (χ2n) is 8.02. The zero-order valence-electron chi connectivity index (χ0n) is 15.9. The van der Waals surface area contributed by atoms with E-state index in [4.69, 9.17) is 21.1 Å². The van der Waals surface area contributed by atoms with Gasteiger partial charge in [0.15, 0.2) is 11.5 Å². The van der Waals surface area contributed by atoms with Crippen LogP contribution < -0.4 is 14.8 Å². The summed E-state index contributed by atoms with van der Waals surface area (Å²) >= 11 is 6.30. The number of carbonyl (C=O) groups excluding carboxylic acids is 1. The van der Waals surface area contributed by atoms with Crippen molar-refractivity contribution in [1.82, 2.24) is 10.2 Å². The Hall–Kier alpha value is -1.46. The highest BCUT2D eigenvalue weighted by molar-refractivity contribution is 6.32. The van der Waals surface area contributed by atoms with E-state index in [1.165, 1.54) is 12.8 Å². The first kappa shape index (κ1) is 19.3. The summed E-state index contributed by atoms with van der Waals surface area (Å²) in [5.41, 5.74) is 0.418. The Morgan fingerprint density at radius 2 is 2.08 bits per heavy atom. The molecule has 0 unspecified atom stereocenters. The largest absolute Gasteiger partial charge is 0.489 e. The Bertz CT molecular complexity index is 663. The van der Waals surface area contributed by atoms with Crippen LogP contribution in [-0.4, -0.2) is 49.2 Å². The molecule has 0 aliphatic carbocycles. The number of rotatable bonds is 4. The van der Waals surface area contributed by atoms with Crippen molar-refractivity contribution in [3.05, 3.63) is 22.7 Å². The van der Waals surface area contributed by atoms with E-state index in [2.05, 4.69) is 31.0 Å². The highest BCUT2D eigenvalue weighted by Crippen LogP contribution is 2.38. The summed E-state index contributed by atoms with van der Waals surface area (Å²) in [5, 5.41) is 3.48. The van der Waals surface area contributed by atoms with Crippen molar-refractivity contribution in [2.24, 2.45) is 5.92 Å². The van der Waals surface area contributed by atoms with E-state index in [0.717, 1.165) is 19.5 Å². The van der Waals surface area contributed by atoms with E-state index in [1.807, 2.05) is 0 Å². The van der Waals surface area contributed by atoms with E-state index in [0.29, 0.717) is 47.8 Å². The lowest BCUT2D eigenvalue weighted by atomic mass is 9.93. The van der Waals surface area contributed by atoms with Gasteiger partial charge in [-0.05, 0) is 51.3 Å².